The van der Waals surface area contributed by atoms with Crippen LogP contribution in [0.3, 0.4) is 0 Å². The summed E-state index contributed by atoms with van der Waals surface area (Å²) < 4.78 is 0. The molecule has 0 amide bonds. The third-order valence-electron chi connectivity index (χ3n) is 5.02. The van der Waals surface area contributed by atoms with Gasteiger partial charge in [0.15, 0.2) is 0 Å². The largest absolute Gasteiger partial charge is 0.330 e. The zero-order chi connectivity index (χ0) is 14.8. The Labute approximate surface area is 125 Å². The van der Waals surface area contributed by atoms with E-state index in [-0.39, 0.29) is 5.41 Å². The second kappa shape index (κ2) is 5.89. The molecule has 0 aliphatic heterocycles. The lowest BCUT2D eigenvalue weighted by atomic mass is 9.67. The molecule has 1 nitrogen and oxygen atoms in total. The van der Waals surface area contributed by atoms with Crippen LogP contribution in [0, 0.1) is 11.3 Å². The Hall–Kier alpha value is -0.820. The van der Waals surface area contributed by atoms with Gasteiger partial charge in [0.1, 0.15) is 0 Å². The van der Waals surface area contributed by atoms with Crippen molar-refractivity contribution in [3.05, 3.63) is 35.4 Å². The van der Waals surface area contributed by atoms with Crippen LogP contribution in [0.2, 0.25) is 0 Å². The van der Waals surface area contributed by atoms with Crippen molar-refractivity contribution in [2.24, 2.45) is 17.1 Å². The average Bonchev–Trinajstić information content (AvgIpc) is 2.38. The van der Waals surface area contributed by atoms with Gasteiger partial charge in [-0.25, -0.2) is 0 Å². The molecule has 1 heteroatoms. The molecule has 2 unspecified atom stereocenters. The SMILES string of the molecule is CC1CCCC(CN)(Cc2ccc(C(C)(C)C)cc2)C1. The van der Waals surface area contributed by atoms with Crippen molar-refractivity contribution in [3.63, 3.8) is 0 Å². The fourth-order valence-corrected chi connectivity index (χ4v) is 3.74. The Balaban J connectivity index is 2.12. The predicted molar refractivity (Wildman–Crippen MR) is 88.0 cm³/mol. The second-order valence-corrected chi connectivity index (χ2v) is 8.03. The highest BCUT2D eigenvalue weighted by Crippen LogP contribution is 2.41. The number of rotatable bonds is 3. The molecule has 1 aliphatic rings. The molecule has 0 saturated heterocycles. The van der Waals surface area contributed by atoms with Crippen LogP contribution in [0.4, 0.5) is 0 Å². The molecular formula is C19H31N. The smallest absolute Gasteiger partial charge is 0.00172 e. The Morgan fingerprint density at radius 1 is 1.20 bits per heavy atom. The summed E-state index contributed by atoms with van der Waals surface area (Å²) in [5, 5.41) is 0. The summed E-state index contributed by atoms with van der Waals surface area (Å²) in [5.41, 5.74) is 9.61. The summed E-state index contributed by atoms with van der Waals surface area (Å²) in [6.45, 7) is 10.0. The van der Waals surface area contributed by atoms with E-state index in [1.165, 1.54) is 36.8 Å². The van der Waals surface area contributed by atoms with E-state index in [1.54, 1.807) is 0 Å². The summed E-state index contributed by atoms with van der Waals surface area (Å²) in [6.07, 6.45) is 6.47. The molecule has 112 valence electrons. The summed E-state index contributed by atoms with van der Waals surface area (Å²) >= 11 is 0. The summed E-state index contributed by atoms with van der Waals surface area (Å²) in [6, 6.07) is 9.23. The van der Waals surface area contributed by atoms with Gasteiger partial charge in [-0.05, 0) is 53.7 Å². The van der Waals surface area contributed by atoms with Gasteiger partial charge in [0.25, 0.3) is 0 Å². The number of hydrogen-bond acceptors (Lipinski definition) is 1. The highest BCUT2D eigenvalue weighted by Gasteiger charge is 2.33. The molecule has 1 aromatic carbocycles. The minimum Gasteiger partial charge on any atom is -0.330 e. The van der Waals surface area contributed by atoms with Crippen LogP contribution in [0.1, 0.15) is 64.5 Å². The van der Waals surface area contributed by atoms with Gasteiger partial charge in [-0.2, -0.15) is 0 Å². The lowest BCUT2D eigenvalue weighted by Crippen LogP contribution is -2.37. The summed E-state index contributed by atoms with van der Waals surface area (Å²) in [7, 11) is 0. The number of benzene rings is 1. The summed E-state index contributed by atoms with van der Waals surface area (Å²) in [4.78, 5) is 0. The first kappa shape index (κ1) is 15.6. The Bertz CT molecular complexity index is 426. The zero-order valence-corrected chi connectivity index (χ0v) is 13.7. The van der Waals surface area contributed by atoms with Crippen molar-refractivity contribution in [2.75, 3.05) is 6.54 Å². The van der Waals surface area contributed by atoms with Crippen LogP contribution < -0.4 is 5.73 Å². The van der Waals surface area contributed by atoms with Crippen LogP contribution in [0.5, 0.6) is 0 Å². The fourth-order valence-electron chi connectivity index (χ4n) is 3.74. The standard InChI is InChI=1S/C19H31N/c1-15-6-5-11-19(12-15,14-20)13-16-7-9-17(10-8-16)18(2,3)4/h7-10,15H,5-6,11-14,20H2,1-4H3. The first-order chi connectivity index (χ1) is 9.35. The van der Waals surface area contributed by atoms with Crippen molar-refractivity contribution < 1.29 is 0 Å². The lowest BCUT2D eigenvalue weighted by molar-refractivity contribution is 0.154. The van der Waals surface area contributed by atoms with Crippen molar-refractivity contribution in [3.8, 4) is 0 Å². The molecule has 20 heavy (non-hydrogen) atoms. The van der Waals surface area contributed by atoms with E-state index in [0.29, 0.717) is 5.41 Å². The van der Waals surface area contributed by atoms with E-state index in [2.05, 4.69) is 52.0 Å². The third kappa shape index (κ3) is 3.63. The van der Waals surface area contributed by atoms with Gasteiger partial charge in [-0.1, -0.05) is 64.8 Å². The zero-order valence-electron chi connectivity index (χ0n) is 13.7. The van der Waals surface area contributed by atoms with E-state index < -0.39 is 0 Å². The first-order valence-electron chi connectivity index (χ1n) is 8.14. The lowest BCUT2D eigenvalue weighted by Gasteiger charge is -2.39. The van der Waals surface area contributed by atoms with Crippen LogP contribution in [0.15, 0.2) is 24.3 Å². The molecule has 0 aromatic heterocycles. The van der Waals surface area contributed by atoms with E-state index in [0.717, 1.165) is 18.9 Å². The highest BCUT2D eigenvalue weighted by atomic mass is 14.6. The van der Waals surface area contributed by atoms with Gasteiger partial charge in [0, 0.05) is 0 Å². The minimum absolute atomic E-state index is 0.240. The van der Waals surface area contributed by atoms with Crippen LogP contribution in [-0.4, -0.2) is 6.54 Å². The van der Waals surface area contributed by atoms with Gasteiger partial charge in [0.2, 0.25) is 0 Å². The van der Waals surface area contributed by atoms with Crippen LogP contribution in [-0.2, 0) is 11.8 Å². The molecule has 0 heterocycles. The van der Waals surface area contributed by atoms with Crippen molar-refractivity contribution in [2.45, 2.75) is 65.2 Å². The van der Waals surface area contributed by atoms with E-state index >= 15 is 0 Å². The molecule has 0 spiro atoms. The Morgan fingerprint density at radius 2 is 1.85 bits per heavy atom. The van der Waals surface area contributed by atoms with Gasteiger partial charge in [0.05, 0.1) is 0 Å². The topological polar surface area (TPSA) is 26.0 Å². The molecule has 2 N–H and O–H groups in total. The quantitative estimate of drug-likeness (QED) is 0.850. The van der Waals surface area contributed by atoms with Gasteiger partial charge < -0.3 is 5.73 Å². The second-order valence-electron chi connectivity index (χ2n) is 8.03. The number of nitrogens with two attached hydrogens (primary N) is 1. The number of hydrogen-bond donors (Lipinski definition) is 1. The Morgan fingerprint density at radius 3 is 2.35 bits per heavy atom. The summed E-state index contributed by atoms with van der Waals surface area (Å²) in [5.74, 6) is 0.834. The van der Waals surface area contributed by atoms with Gasteiger partial charge >= 0.3 is 0 Å². The molecule has 0 radical (unpaired) electrons. The van der Waals surface area contributed by atoms with Crippen molar-refractivity contribution >= 4 is 0 Å². The molecule has 1 saturated carbocycles. The normalized spacial score (nSPS) is 27.6. The van der Waals surface area contributed by atoms with E-state index in [9.17, 15) is 0 Å². The van der Waals surface area contributed by atoms with Crippen LogP contribution >= 0.6 is 0 Å². The van der Waals surface area contributed by atoms with E-state index in [4.69, 9.17) is 5.73 Å². The Kier molecular flexibility index (Phi) is 4.59. The molecule has 2 atom stereocenters. The maximum Gasteiger partial charge on any atom is -0.00172 e. The van der Waals surface area contributed by atoms with Crippen molar-refractivity contribution in [1.29, 1.82) is 0 Å². The monoisotopic (exact) mass is 273 g/mol. The van der Waals surface area contributed by atoms with Crippen LogP contribution in [0.25, 0.3) is 0 Å². The van der Waals surface area contributed by atoms with Gasteiger partial charge in [-0.3, -0.25) is 0 Å². The van der Waals surface area contributed by atoms with Gasteiger partial charge in [-0.15, -0.1) is 0 Å². The molecule has 1 aromatic rings. The molecule has 1 aliphatic carbocycles. The third-order valence-corrected chi connectivity index (χ3v) is 5.02. The maximum atomic E-state index is 6.15. The van der Waals surface area contributed by atoms with Crippen molar-refractivity contribution in [1.82, 2.24) is 0 Å². The first-order valence-corrected chi connectivity index (χ1v) is 8.14. The molecule has 0 bridgehead atoms. The average molecular weight is 273 g/mol. The molecule has 2 rings (SSSR count). The van der Waals surface area contributed by atoms with E-state index in [1.807, 2.05) is 0 Å². The molecule has 1 fully saturated rings. The fraction of sp³-hybridized carbons (Fsp3) is 0.684. The highest BCUT2D eigenvalue weighted by molar-refractivity contribution is 5.28. The maximum absolute atomic E-state index is 6.15. The minimum atomic E-state index is 0.240. The predicted octanol–water partition coefficient (Wildman–Crippen LogP) is 4.68. The molecular weight excluding hydrogens is 242 g/mol.